The first-order valence-electron chi connectivity index (χ1n) is 8.75. The molecule has 3 rings (SSSR count). The van der Waals surface area contributed by atoms with Crippen LogP contribution in [0.2, 0.25) is 5.02 Å². The highest BCUT2D eigenvalue weighted by molar-refractivity contribution is 8.01. The van der Waals surface area contributed by atoms with E-state index in [1.807, 2.05) is 79.7 Å². The third-order valence-corrected chi connectivity index (χ3v) is 6.13. The number of nitrogens with zero attached hydrogens (tertiary/aromatic N) is 2. The van der Waals surface area contributed by atoms with Crippen LogP contribution < -0.4 is 15.1 Å². The Morgan fingerprint density at radius 1 is 1.21 bits per heavy atom. The highest BCUT2D eigenvalue weighted by Gasteiger charge is 2.04. The lowest BCUT2D eigenvalue weighted by Crippen LogP contribution is -2.24. The Morgan fingerprint density at radius 2 is 2.00 bits per heavy atom. The van der Waals surface area contributed by atoms with Crippen LogP contribution in [-0.2, 0) is 4.79 Å². The summed E-state index contributed by atoms with van der Waals surface area (Å²) >= 11 is 9.15. The number of nitrogens with one attached hydrogen (secondary N) is 1. The van der Waals surface area contributed by atoms with Crippen LogP contribution >= 0.6 is 34.7 Å². The Kier molecular flexibility index (Phi) is 7.57. The molecule has 1 amide bonds. The maximum absolute atomic E-state index is 11.9. The fourth-order valence-corrected chi connectivity index (χ4v) is 4.40. The number of hydrogen-bond donors (Lipinski definition) is 1. The van der Waals surface area contributed by atoms with Crippen LogP contribution in [0.15, 0.2) is 74.9 Å². The number of halogens is 1. The van der Waals surface area contributed by atoms with Crippen LogP contribution in [0, 0.1) is 0 Å². The summed E-state index contributed by atoms with van der Waals surface area (Å²) in [4.78, 5) is 16.0. The molecule has 8 heteroatoms. The van der Waals surface area contributed by atoms with Crippen molar-refractivity contribution < 1.29 is 9.53 Å². The van der Waals surface area contributed by atoms with Crippen molar-refractivity contribution in [2.24, 2.45) is 5.10 Å². The number of amides is 1. The van der Waals surface area contributed by atoms with Crippen molar-refractivity contribution in [2.45, 2.75) is 9.10 Å². The Hall–Kier alpha value is -2.48. The van der Waals surface area contributed by atoms with Gasteiger partial charge >= 0.3 is 0 Å². The second kappa shape index (κ2) is 10.3. The van der Waals surface area contributed by atoms with Crippen molar-refractivity contribution in [1.29, 1.82) is 0 Å². The topological polar surface area (TPSA) is 53.9 Å². The van der Waals surface area contributed by atoms with Gasteiger partial charge in [0.15, 0.2) is 6.61 Å². The second-order valence-electron chi connectivity index (χ2n) is 6.19. The zero-order valence-corrected chi connectivity index (χ0v) is 18.4. The van der Waals surface area contributed by atoms with E-state index in [4.69, 9.17) is 16.3 Å². The number of thiophene rings is 1. The SMILES string of the molecule is CN(C)c1cccc(OCC(=O)N/N=C/c2ccc(Sc3ccc(Cl)cc3)s2)c1. The summed E-state index contributed by atoms with van der Waals surface area (Å²) in [5, 5.41) is 4.72. The van der Waals surface area contributed by atoms with Crippen molar-refractivity contribution in [3.63, 3.8) is 0 Å². The molecule has 0 atom stereocenters. The molecule has 1 N–H and O–H groups in total. The third kappa shape index (κ3) is 6.81. The van der Waals surface area contributed by atoms with Gasteiger partial charge in [0.25, 0.3) is 5.91 Å². The quantitative estimate of drug-likeness (QED) is 0.385. The first-order chi connectivity index (χ1) is 14.0. The maximum Gasteiger partial charge on any atom is 0.277 e. The smallest absolute Gasteiger partial charge is 0.277 e. The van der Waals surface area contributed by atoms with Gasteiger partial charge in [-0.15, -0.1) is 11.3 Å². The Morgan fingerprint density at radius 3 is 2.76 bits per heavy atom. The molecule has 3 aromatic rings. The summed E-state index contributed by atoms with van der Waals surface area (Å²) in [5.41, 5.74) is 3.49. The number of carbonyl (C=O) groups excluding carboxylic acids is 1. The van der Waals surface area contributed by atoms with Gasteiger partial charge in [0.05, 0.1) is 10.4 Å². The van der Waals surface area contributed by atoms with Gasteiger partial charge in [-0.05, 0) is 48.5 Å². The normalized spacial score (nSPS) is 10.9. The van der Waals surface area contributed by atoms with E-state index < -0.39 is 0 Å². The Labute approximate surface area is 183 Å². The van der Waals surface area contributed by atoms with Crippen LogP contribution in [0.1, 0.15) is 4.88 Å². The Balaban J connectivity index is 1.46. The van der Waals surface area contributed by atoms with Crippen LogP contribution in [-0.4, -0.2) is 32.8 Å². The van der Waals surface area contributed by atoms with Gasteiger partial charge in [-0.3, -0.25) is 4.79 Å². The number of ether oxygens (including phenoxy) is 1. The van der Waals surface area contributed by atoms with E-state index in [1.54, 1.807) is 29.3 Å². The van der Waals surface area contributed by atoms with E-state index in [0.717, 1.165) is 24.7 Å². The molecular formula is C21H20ClN3O2S2. The lowest BCUT2D eigenvalue weighted by molar-refractivity contribution is -0.123. The van der Waals surface area contributed by atoms with E-state index in [0.29, 0.717) is 5.75 Å². The number of hydrazone groups is 1. The fourth-order valence-electron chi connectivity index (χ4n) is 2.28. The average Bonchev–Trinajstić information content (AvgIpc) is 3.15. The molecule has 0 bridgehead atoms. The molecule has 0 fully saturated rings. The summed E-state index contributed by atoms with van der Waals surface area (Å²) < 4.78 is 6.65. The first kappa shape index (κ1) is 21.2. The first-order valence-corrected chi connectivity index (χ1v) is 10.8. The minimum Gasteiger partial charge on any atom is -0.484 e. The minimum atomic E-state index is -0.316. The predicted molar refractivity (Wildman–Crippen MR) is 122 cm³/mol. The molecule has 1 heterocycles. The average molecular weight is 446 g/mol. The highest BCUT2D eigenvalue weighted by atomic mass is 35.5. The summed E-state index contributed by atoms with van der Waals surface area (Å²) in [6.45, 7) is -0.101. The van der Waals surface area contributed by atoms with Crippen LogP contribution in [0.5, 0.6) is 5.75 Å². The van der Waals surface area contributed by atoms with E-state index in [2.05, 4.69) is 10.5 Å². The van der Waals surface area contributed by atoms with Crippen LogP contribution in [0.3, 0.4) is 0 Å². The zero-order valence-electron chi connectivity index (χ0n) is 16.0. The lowest BCUT2D eigenvalue weighted by atomic mass is 10.3. The second-order valence-corrected chi connectivity index (χ2v) is 9.11. The monoisotopic (exact) mass is 445 g/mol. The van der Waals surface area contributed by atoms with E-state index >= 15 is 0 Å². The minimum absolute atomic E-state index is 0.101. The number of hydrogen-bond acceptors (Lipinski definition) is 6. The molecule has 0 saturated heterocycles. The van der Waals surface area contributed by atoms with Gasteiger partial charge in [-0.1, -0.05) is 29.4 Å². The molecule has 2 aromatic carbocycles. The van der Waals surface area contributed by atoms with Crippen molar-refractivity contribution >= 4 is 52.5 Å². The zero-order chi connectivity index (χ0) is 20.6. The number of carbonyl (C=O) groups is 1. The van der Waals surface area contributed by atoms with E-state index in [9.17, 15) is 4.79 Å². The van der Waals surface area contributed by atoms with Gasteiger partial charge in [0, 0.05) is 40.6 Å². The standard InChI is InChI=1S/C21H20ClN3O2S2/c1-25(2)16-4-3-5-17(12-16)27-14-20(26)24-23-13-19-10-11-21(29-19)28-18-8-6-15(22)7-9-18/h3-13H,14H2,1-2H3,(H,24,26)/b23-13+. The van der Waals surface area contributed by atoms with Crippen LogP contribution in [0.25, 0.3) is 0 Å². The molecular weight excluding hydrogens is 426 g/mol. The van der Waals surface area contributed by atoms with Gasteiger partial charge in [0.2, 0.25) is 0 Å². The molecule has 0 saturated carbocycles. The number of benzene rings is 2. The van der Waals surface area contributed by atoms with Gasteiger partial charge in [-0.2, -0.15) is 5.10 Å². The number of anilines is 1. The Bertz CT molecular complexity index is 988. The molecule has 0 radical (unpaired) electrons. The summed E-state index contributed by atoms with van der Waals surface area (Å²) in [7, 11) is 3.90. The van der Waals surface area contributed by atoms with Crippen LogP contribution in [0.4, 0.5) is 5.69 Å². The molecule has 0 aliphatic carbocycles. The maximum atomic E-state index is 11.9. The molecule has 0 aliphatic heterocycles. The van der Waals surface area contributed by atoms with E-state index in [1.165, 1.54) is 0 Å². The van der Waals surface area contributed by atoms with Crippen molar-refractivity contribution in [3.8, 4) is 5.75 Å². The molecule has 29 heavy (non-hydrogen) atoms. The summed E-state index contributed by atoms with van der Waals surface area (Å²) in [5.74, 6) is 0.321. The van der Waals surface area contributed by atoms with Crippen molar-refractivity contribution in [3.05, 3.63) is 70.6 Å². The number of rotatable bonds is 8. The molecule has 5 nitrogen and oxygen atoms in total. The largest absolute Gasteiger partial charge is 0.484 e. The molecule has 0 aliphatic rings. The summed E-state index contributed by atoms with van der Waals surface area (Å²) in [6, 6.07) is 19.2. The molecule has 0 unspecified atom stereocenters. The molecule has 1 aromatic heterocycles. The van der Waals surface area contributed by atoms with Crippen molar-refractivity contribution in [1.82, 2.24) is 5.43 Å². The van der Waals surface area contributed by atoms with Gasteiger partial charge < -0.3 is 9.64 Å². The molecule has 0 spiro atoms. The predicted octanol–water partition coefficient (Wildman–Crippen LogP) is 5.15. The highest BCUT2D eigenvalue weighted by Crippen LogP contribution is 2.33. The fraction of sp³-hybridized carbons (Fsp3) is 0.143. The third-order valence-electron chi connectivity index (χ3n) is 3.72. The summed E-state index contributed by atoms with van der Waals surface area (Å²) in [6.07, 6.45) is 1.63. The van der Waals surface area contributed by atoms with Crippen molar-refractivity contribution in [2.75, 3.05) is 25.6 Å². The van der Waals surface area contributed by atoms with E-state index in [-0.39, 0.29) is 12.5 Å². The lowest BCUT2D eigenvalue weighted by Gasteiger charge is -2.13. The van der Waals surface area contributed by atoms with Gasteiger partial charge in [-0.25, -0.2) is 5.43 Å². The van der Waals surface area contributed by atoms with Gasteiger partial charge in [0.1, 0.15) is 5.75 Å². The molecule has 150 valence electrons.